The normalized spacial score (nSPS) is 10.6. The van der Waals surface area contributed by atoms with Crippen molar-refractivity contribution in [2.45, 2.75) is 0 Å². The molecule has 1 N–H and O–H groups in total. The Hall–Kier alpha value is -0.800. The average Bonchev–Trinajstić information content (AvgIpc) is 2.43. The maximum atomic E-state index is 10.3. The van der Waals surface area contributed by atoms with E-state index >= 15 is 0 Å². The van der Waals surface area contributed by atoms with Gasteiger partial charge < -0.3 is 4.98 Å². The predicted molar refractivity (Wildman–Crippen MR) is 46.6 cm³/mol. The number of aldehydes is 1. The van der Waals surface area contributed by atoms with Crippen LogP contribution in [0, 0.1) is 0 Å². The number of aromatic amines is 1. The number of thiophene rings is 1. The Labute approximate surface area is 71.8 Å². The van der Waals surface area contributed by atoms with Gasteiger partial charge in [-0.3, -0.25) is 4.79 Å². The van der Waals surface area contributed by atoms with E-state index in [1.54, 1.807) is 6.07 Å². The van der Waals surface area contributed by atoms with Gasteiger partial charge in [-0.15, -0.1) is 11.3 Å². The van der Waals surface area contributed by atoms with Crippen LogP contribution in [0.4, 0.5) is 0 Å². The summed E-state index contributed by atoms with van der Waals surface area (Å²) in [4.78, 5) is 14.2. The fraction of sp³-hybridized carbons (Fsp3) is 0. The lowest BCUT2D eigenvalue weighted by atomic mass is 10.4. The van der Waals surface area contributed by atoms with E-state index in [2.05, 4.69) is 4.98 Å². The largest absolute Gasteiger partial charge is 0.344 e. The second kappa shape index (κ2) is 2.36. The first kappa shape index (κ1) is 6.88. The van der Waals surface area contributed by atoms with Crippen LogP contribution in [-0.2, 0) is 0 Å². The second-order valence-electron chi connectivity index (χ2n) is 2.18. The van der Waals surface area contributed by atoms with Crippen LogP contribution in [0.15, 0.2) is 12.1 Å². The fourth-order valence-electron chi connectivity index (χ4n) is 0.977. The summed E-state index contributed by atoms with van der Waals surface area (Å²) in [7, 11) is 0. The molecule has 0 atom stereocenters. The Morgan fingerprint density at radius 3 is 3.00 bits per heavy atom. The number of carbonyl (C=O) groups is 1. The van der Waals surface area contributed by atoms with E-state index in [4.69, 9.17) is 11.6 Å². The molecule has 0 aliphatic rings. The zero-order valence-electron chi connectivity index (χ0n) is 5.43. The molecule has 0 saturated carbocycles. The third kappa shape index (κ3) is 1.06. The topological polar surface area (TPSA) is 32.9 Å². The summed E-state index contributed by atoms with van der Waals surface area (Å²) in [6.45, 7) is 0. The van der Waals surface area contributed by atoms with Crippen LogP contribution < -0.4 is 0 Å². The first-order valence-corrected chi connectivity index (χ1v) is 4.22. The van der Waals surface area contributed by atoms with Crippen LogP contribution in [0.25, 0.3) is 10.2 Å². The third-order valence-corrected chi connectivity index (χ3v) is 2.62. The number of halogens is 1. The van der Waals surface area contributed by atoms with Gasteiger partial charge >= 0.3 is 0 Å². The minimum absolute atomic E-state index is 0.600. The van der Waals surface area contributed by atoms with E-state index in [-0.39, 0.29) is 0 Å². The number of nitrogens with one attached hydrogen (secondary N) is 1. The van der Waals surface area contributed by atoms with Gasteiger partial charge in [-0.25, -0.2) is 0 Å². The lowest BCUT2D eigenvalue weighted by molar-refractivity contribution is 0.112. The molecule has 2 heterocycles. The Balaban J connectivity index is 2.72. The maximum Gasteiger partial charge on any atom is 0.166 e. The van der Waals surface area contributed by atoms with Crippen molar-refractivity contribution in [3.8, 4) is 0 Å². The van der Waals surface area contributed by atoms with Gasteiger partial charge in [-0.2, -0.15) is 0 Å². The molecule has 11 heavy (non-hydrogen) atoms. The first-order valence-electron chi connectivity index (χ1n) is 3.03. The van der Waals surface area contributed by atoms with E-state index in [1.807, 2.05) is 6.07 Å². The highest BCUT2D eigenvalue weighted by atomic mass is 35.5. The molecular formula is C7H4ClNOS. The molecule has 0 unspecified atom stereocenters. The van der Waals surface area contributed by atoms with Gasteiger partial charge in [0.2, 0.25) is 0 Å². The molecule has 0 aliphatic carbocycles. The van der Waals surface area contributed by atoms with Crippen molar-refractivity contribution in [2.24, 2.45) is 0 Å². The standard InChI is InChI=1S/C7H4ClNOS/c8-6-2-4-1-5(3-10)9-7(4)11-6/h1-3,9H. The van der Waals surface area contributed by atoms with Crippen molar-refractivity contribution < 1.29 is 4.79 Å². The number of hydrogen-bond acceptors (Lipinski definition) is 2. The summed E-state index contributed by atoms with van der Waals surface area (Å²) < 4.78 is 0.740. The summed E-state index contributed by atoms with van der Waals surface area (Å²) in [5.41, 5.74) is 0.600. The summed E-state index contributed by atoms with van der Waals surface area (Å²) >= 11 is 7.17. The average molecular weight is 186 g/mol. The molecule has 0 saturated heterocycles. The number of aromatic nitrogens is 1. The van der Waals surface area contributed by atoms with E-state index in [9.17, 15) is 4.79 Å². The van der Waals surface area contributed by atoms with Crippen molar-refractivity contribution in [3.05, 3.63) is 22.2 Å². The molecule has 2 aromatic rings. The Bertz CT molecular complexity index is 372. The van der Waals surface area contributed by atoms with Gasteiger partial charge in [0.1, 0.15) is 4.83 Å². The Morgan fingerprint density at radius 1 is 1.55 bits per heavy atom. The number of fused-ring (bicyclic) bond motifs is 1. The highest BCUT2D eigenvalue weighted by molar-refractivity contribution is 7.22. The molecule has 0 radical (unpaired) electrons. The monoisotopic (exact) mass is 185 g/mol. The molecule has 0 spiro atoms. The van der Waals surface area contributed by atoms with Crippen LogP contribution in [-0.4, -0.2) is 11.3 Å². The molecule has 0 aromatic carbocycles. The number of H-pyrrole nitrogens is 1. The van der Waals surface area contributed by atoms with Crippen molar-refractivity contribution in [1.82, 2.24) is 4.98 Å². The summed E-state index contributed by atoms with van der Waals surface area (Å²) in [5.74, 6) is 0. The lowest BCUT2D eigenvalue weighted by Crippen LogP contribution is -1.73. The van der Waals surface area contributed by atoms with Crippen LogP contribution in [0.5, 0.6) is 0 Å². The molecule has 0 aliphatic heterocycles. The van der Waals surface area contributed by atoms with Gasteiger partial charge in [0, 0.05) is 5.39 Å². The van der Waals surface area contributed by atoms with E-state index < -0.39 is 0 Å². The molecule has 4 heteroatoms. The van der Waals surface area contributed by atoms with Gasteiger partial charge in [0.25, 0.3) is 0 Å². The Kier molecular flexibility index (Phi) is 1.47. The first-order chi connectivity index (χ1) is 5.29. The van der Waals surface area contributed by atoms with E-state index in [1.165, 1.54) is 11.3 Å². The molecule has 2 rings (SSSR count). The van der Waals surface area contributed by atoms with Gasteiger partial charge in [0.15, 0.2) is 6.29 Å². The van der Waals surface area contributed by atoms with E-state index in [0.29, 0.717) is 5.69 Å². The highest BCUT2D eigenvalue weighted by Gasteiger charge is 2.02. The molecule has 2 aromatic heterocycles. The van der Waals surface area contributed by atoms with Gasteiger partial charge in [0.05, 0.1) is 10.0 Å². The van der Waals surface area contributed by atoms with Crippen molar-refractivity contribution >= 4 is 39.4 Å². The minimum Gasteiger partial charge on any atom is -0.344 e. The predicted octanol–water partition coefficient (Wildman–Crippen LogP) is 2.70. The number of rotatable bonds is 1. The zero-order valence-corrected chi connectivity index (χ0v) is 7.00. The molecule has 0 fully saturated rings. The summed E-state index contributed by atoms with van der Waals surface area (Å²) in [5, 5.41) is 1.00. The number of carbonyl (C=O) groups excluding carboxylic acids is 1. The SMILES string of the molecule is O=Cc1cc2cc(Cl)sc2[nH]1. The third-order valence-electron chi connectivity index (χ3n) is 1.43. The van der Waals surface area contributed by atoms with E-state index in [0.717, 1.165) is 20.8 Å². The molecular weight excluding hydrogens is 182 g/mol. The molecule has 56 valence electrons. The quantitative estimate of drug-likeness (QED) is 0.681. The fourth-order valence-corrected chi connectivity index (χ4v) is 2.11. The highest BCUT2D eigenvalue weighted by Crippen LogP contribution is 2.28. The van der Waals surface area contributed by atoms with Gasteiger partial charge in [-0.1, -0.05) is 11.6 Å². The van der Waals surface area contributed by atoms with Crippen LogP contribution in [0.2, 0.25) is 4.34 Å². The van der Waals surface area contributed by atoms with Crippen molar-refractivity contribution in [1.29, 1.82) is 0 Å². The smallest absolute Gasteiger partial charge is 0.166 e. The van der Waals surface area contributed by atoms with Crippen LogP contribution in [0.1, 0.15) is 10.5 Å². The van der Waals surface area contributed by atoms with Crippen molar-refractivity contribution in [3.63, 3.8) is 0 Å². The molecule has 0 bridgehead atoms. The lowest BCUT2D eigenvalue weighted by Gasteiger charge is -1.76. The second-order valence-corrected chi connectivity index (χ2v) is 3.86. The molecule has 2 nitrogen and oxygen atoms in total. The summed E-state index contributed by atoms with van der Waals surface area (Å²) in [6.07, 6.45) is 0.792. The maximum absolute atomic E-state index is 10.3. The van der Waals surface area contributed by atoms with Crippen molar-refractivity contribution in [2.75, 3.05) is 0 Å². The molecule has 0 amide bonds. The minimum atomic E-state index is 0.600. The Morgan fingerprint density at radius 2 is 2.36 bits per heavy atom. The van der Waals surface area contributed by atoms with Gasteiger partial charge in [-0.05, 0) is 12.1 Å². The van der Waals surface area contributed by atoms with Crippen LogP contribution >= 0.6 is 22.9 Å². The number of hydrogen-bond donors (Lipinski definition) is 1. The van der Waals surface area contributed by atoms with Crippen LogP contribution in [0.3, 0.4) is 0 Å². The summed E-state index contributed by atoms with van der Waals surface area (Å²) in [6, 6.07) is 3.62. The zero-order chi connectivity index (χ0) is 7.84.